The molecule has 0 saturated carbocycles. The van der Waals surface area contributed by atoms with Gasteiger partial charge in [-0.3, -0.25) is 0 Å². The van der Waals surface area contributed by atoms with Gasteiger partial charge in [0.25, 0.3) is 0 Å². The molecule has 20 heavy (non-hydrogen) atoms. The fraction of sp³-hybridized carbons (Fsp3) is 0.533. The number of aryl methyl sites for hydroxylation is 1. The summed E-state index contributed by atoms with van der Waals surface area (Å²) < 4.78 is 27.0. The molecule has 0 radical (unpaired) electrons. The maximum atomic E-state index is 12.2. The Kier molecular flexibility index (Phi) is 6.18. The summed E-state index contributed by atoms with van der Waals surface area (Å²) in [6.07, 6.45) is 2.94. The van der Waals surface area contributed by atoms with Gasteiger partial charge in [-0.25, -0.2) is 13.1 Å². The summed E-state index contributed by atoms with van der Waals surface area (Å²) in [5.74, 6) is 0.640. The van der Waals surface area contributed by atoms with E-state index in [1.54, 1.807) is 19.1 Å². The molecule has 0 aliphatic heterocycles. The lowest BCUT2D eigenvalue weighted by molar-refractivity contribution is 0.530. The summed E-state index contributed by atoms with van der Waals surface area (Å²) in [4.78, 5) is 0.195. The molecular formula is C15H22N2O2S. The van der Waals surface area contributed by atoms with E-state index in [-0.39, 0.29) is 4.90 Å². The number of sulfonamides is 1. The second kappa shape index (κ2) is 7.41. The molecule has 1 aromatic carbocycles. The fourth-order valence-corrected chi connectivity index (χ4v) is 3.26. The van der Waals surface area contributed by atoms with E-state index in [9.17, 15) is 8.42 Å². The van der Waals surface area contributed by atoms with Crippen LogP contribution in [0.15, 0.2) is 23.1 Å². The van der Waals surface area contributed by atoms with E-state index >= 15 is 0 Å². The van der Waals surface area contributed by atoms with Gasteiger partial charge in [-0.05, 0) is 37.0 Å². The number of rotatable bonds is 7. The van der Waals surface area contributed by atoms with E-state index in [0.29, 0.717) is 23.6 Å². The van der Waals surface area contributed by atoms with Crippen molar-refractivity contribution in [1.29, 1.82) is 5.26 Å². The van der Waals surface area contributed by atoms with Crippen LogP contribution in [0.1, 0.15) is 44.2 Å². The Labute approximate surface area is 121 Å². The van der Waals surface area contributed by atoms with E-state index in [1.165, 1.54) is 6.07 Å². The summed E-state index contributed by atoms with van der Waals surface area (Å²) in [5.41, 5.74) is 1.01. The molecular weight excluding hydrogens is 272 g/mol. The van der Waals surface area contributed by atoms with Gasteiger partial charge in [-0.15, -0.1) is 0 Å². The van der Waals surface area contributed by atoms with Crippen LogP contribution < -0.4 is 4.72 Å². The Bertz CT molecular complexity index is 586. The van der Waals surface area contributed by atoms with Crippen LogP contribution >= 0.6 is 0 Å². The van der Waals surface area contributed by atoms with Gasteiger partial charge in [-0.2, -0.15) is 5.26 Å². The van der Waals surface area contributed by atoms with Crippen molar-refractivity contribution in [2.24, 2.45) is 5.92 Å². The second-order valence-electron chi connectivity index (χ2n) is 5.38. The molecule has 0 aromatic heterocycles. The molecule has 0 bridgehead atoms. The van der Waals surface area contributed by atoms with E-state index in [4.69, 9.17) is 5.26 Å². The zero-order valence-electron chi connectivity index (χ0n) is 12.3. The van der Waals surface area contributed by atoms with Crippen molar-refractivity contribution in [3.05, 3.63) is 29.3 Å². The first kappa shape index (κ1) is 16.7. The highest BCUT2D eigenvalue weighted by atomic mass is 32.2. The zero-order chi connectivity index (χ0) is 15.2. The molecule has 0 unspecified atom stereocenters. The van der Waals surface area contributed by atoms with E-state index in [0.717, 1.165) is 19.3 Å². The standard InChI is InChI=1S/C15H22N2O2S/c1-12(2)6-4-5-9-17-20(18,19)15-10-14(11-16)8-7-13(15)3/h7-8,10,12,17H,4-6,9H2,1-3H3. The van der Waals surface area contributed by atoms with Crippen molar-refractivity contribution >= 4 is 10.0 Å². The third kappa shape index (κ3) is 4.95. The maximum absolute atomic E-state index is 12.2. The van der Waals surface area contributed by atoms with Crippen LogP contribution in [0.4, 0.5) is 0 Å². The van der Waals surface area contributed by atoms with Crippen LogP contribution in [-0.2, 0) is 10.0 Å². The summed E-state index contributed by atoms with van der Waals surface area (Å²) in [5, 5.41) is 8.85. The summed E-state index contributed by atoms with van der Waals surface area (Å²) in [6, 6.07) is 6.67. The smallest absolute Gasteiger partial charge is 0.211 e. The molecule has 1 rings (SSSR count). The summed E-state index contributed by atoms with van der Waals surface area (Å²) in [7, 11) is -3.53. The predicted molar refractivity (Wildman–Crippen MR) is 79.8 cm³/mol. The Morgan fingerprint density at radius 2 is 2.00 bits per heavy atom. The van der Waals surface area contributed by atoms with E-state index in [2.05, 4.69) is 18.6 Å². The van der Waals surface area contributed by atoms with Crippen LogP contribution in [0.25, 0.3) is 0 Å². The van der Waals surface area contributed by atoms with Crippen LogP contribution in [0.5, 0.6) is 0 Å². The Hall–Kier alpha value is -1.38. The minimum atomic E-state index is -3.53. The molecule has 0 spiro atoms. The van der Waals surface area contributed by atoms with Crippen LogP contribution in [0.3, 0.4) is 0 Å². The average molecular weight is 294 g/mol. The van der Waals surface area contributed by atoms with Gasteiger partial charge in [0.1, 0.15) is 0 Å². The molecule has 1 N–H and O–H groups in total. The lowest BCUT2D eigenvalue weighted by Gasteiger charge is -2.10. The van der Waals surface area contributed by atoms with Gasteiger partial charge in [-0.1, -0.05) is 32.8 Å². The highest BCUT2D eigenvalue weighted by molar-refractivity contribution is 7.89. The molecule has 0 aliphatic rings. The highest BCUT2D eigenvalue weighted by Gasteiger charge is 2.16. The zero-order valence-corrected chi connectivity index (χ0v) is 13.1. The lowest BCUT2D eigenvalue weighted by atomic mass is 10.1. The van der Waals surface area contributed by atoms with Gasteiger partial charge in [0.2, 0.25) is 10.0 Å². The number of hydrogen-bond donors (Lipinski definition) is 1. The minimum Gasteiger partial charge on any atom is -0.211 e. The van der Waals surface area contributed by atoms with Crippen molar-refractivity contribution in [2.75, 3.05) is 6.54 Å². The number of benzene rings is 1. The largest absolute Gasteiger partial charge is 0.240 e. The first-order valence-electron chi connectivity index (χ1n) is 6.87. The number of nitrogens with zero attached hydrogens (tertiary/aromatic N) is 1. The fourth-order valence-electron chi connectivity index (χ4n) is 1.92. The minimum absolute atomic E-state index is 0.195. The molecule has 0 atom stereocenters. The third-order valence-corrected chi connectivity index (χ3v) is 4.71. The number of nitrogens with one attached hydrogen (secondary N) is 1. The van der Waals surface area contributed by atoms with Crippen molar-refractivity contribution in [1.82, 2.24) is 4.72 Å². The molecule has 0 amide bonds. The Balaban J connectivity index is 2.67. The first-order chi connectivity index (χ1) is 9.36. The van der Waals surface area contributed by atoms with Gasteiger partial charge in [0.15, 0.2) is 0 Å². The van der Waals surface area contributed by atoms with Gasteiger partial charge in [0, 0.05) is 6.54 Å². The third-order valence-electron chi connectivity index (χ3n) is 3.11. The van der Waals surface area contributed by atoms with Gasteiger partial charge >= 0.3 is 0 Å². The molecule has 110 valence electrons. The number of nitriles is 1. The van der Waals surface area contributed by atoms with Crippen molar-refractivity contribution < 1.29 is 8.42 Å². The Morgan fingerprint density at radius 3 is 2.60 bits per heavy atom. The highest BCUT2D eigenvalue weighted by Crippen LogP contribution is 2.16. The summed E-state index contributed by atoms with van der Waals surface area (Å²) >= 11 is 0. The van der Waals surface area contributed by atoms with Crippen molar-refractivity contribution in [2.45, 2.75) is 44.9 Å². The molecule has 0 aliphatic carbocycles. The summed E-state index contributed by atoms with van der Waals surface area (Å²) in [6.45, 7) is 6.47. The van der Waals surface area contributed by atoms with Crippen molar-refractivity contribution in [3.8, 4) is 6.07 Å². The molecule has 5 heteroatoms. The number of hydrogen-bond acceptors (Lipinski definition) is 3. The monoisotopic (exact) mass is 294 g/mol. The van der Waals surface area contributed by atoms with Crippen LogP contribution in [0, 0.1) is 24.2 Å². The van der Waals surface area contributed by atoms with Gasteiger partial charge < -0.3 is 0 Å². The van der Waals surface area contributed by atoms with Crippen LogP contribution in [0.2, 0.25) is 0 Å². The molecule has 1 aromatic rings. The molecule has 0 heterocycles. The van der Waals surface area contributed by atoms with Crippen molar-refractivity contribution in [3.63, 3.8) is 0 Å². The van der Waals surface area contributed by atoms with Crippen LogP contribution in [-0.4, -0.2) is 15.0 Å². The predicted octanol–water partition coefficient (Wildman–Crippen LogP) is 2.97. The quantitative estimate of drug-likeness (QED) is 0.786. The molecule has 0 saturated heterocycles. The van der Waals surface area contributed by atoms with Gasteiger partial charge in [0.05, 0.1) is 16.5 Å². The topological polar surface area (TPSA) is 70.0 Å². The SMILES string of the molecule is Cc1ccc(C#N)cc1S(=O)(=O)NCCCCC(C)C. The number of unbranched alkanes of at least 4 members (excludes halogenated alkanes) is 1. The normalized spacial score (nSPS) is 11.6. The maximum Gasteiger partial charge on any atom is 0.240 e. The Morgan fingerprint density at radius 1 is 1.30 bits per heavy atom. The van der Waals surface area contributed by atoms with E-state index < -0.39 is 10.0 Å². The molecule has 4 nitrogen and oxygen atoms in total. The molecule has 0 fully saturated rings. The van der Waals surface area contributed by atoms with E-state index in [1.807, 2.05) is 6.07 Å². The first-order valence-corrected chi connectivity index (χ1v) is 8.35. The second-order valence-corrected chi connectivity index (χ2v) is 7.11. The lowest BCUT2D eigenvalue weighted by Crippen LogP contribution is -2.25. The average Bonchev–Trinajstić information content (AvgIpc) is 2.38.